The summed E-state index contributed by atoms with van der Waals surface area (Å²) >= 11 is 0. The van der Waals surface area contributed by atoms with Crippen LogP contribution in [-0.4, -0.2) is 24.3 Å². The Hall–Kier alpha value is -1.13. The predicted molar refractivity (Wildman–Crippen MR) is 61.5 cm³/mol. The Bertz CT molecular complexity index is 374. The van der Waals surface area contributed by atoms with Crippen molar-refractivity contribution in [3.8, 4) is 5.88 Å². The molecule has 0 saturated carbocycles. The Kier molecular flexibility index (Phi) is 3.41. The van der Waals surface area contributed by atoms with E-state index >= 15 is 0 Å². The van der Waals surface area contributed by atoms with Crippen molar-refractivity contribution in [2.75, 3.05) is 13.2 Å². The zero-order valence-electron chi connectivity index (χ0n) is 9.82. The molecule has 0 bridgehead atoms. The van der Waals surface area contributed by atoms with E-state index in [4.69, 9.17) is 15.2 Å². The van der Waals surface area contributed by atoms with Gasteiger partial charge in [-0.2, -0.15) is 0 Å². The van der Waals surface area contributed by atoms with Crippen LogP contribution in [0.25, 0.3) is 0 Å². The zero-order chi connectivity index (χ0) is 11.5. The summed E-state index contributed by atoms with van der Waals surface area (Å²) < 4.78 is 11.1. The summed E-state index contributed by atoms with van der Waals surface area (Å²) in [5.74, 6) is 0.676. The molecule has 0 aliphatic carbocycles. The molecule has 1 aliphatic rings. The summed E-state index contributed by atoms with van der Waals surface area (Å²) in [6.45, 7) is 5.88. The van der Waals surface area contributed by atoms with Crippen LogP contribution in [0.5, 0.6) is 5.88 Å². The Morgan fingerprint density at radius 1 is 1.56 bits per heavy atom. The quantitative estimate of drug-likeness (QED) is 0.838. The highest BCUT2D eigenvalue weighted by atomic mass is 16.5. The molecule has 4 heteroatoms. The summed E-state index contributed by atoms with van der Waals surface area (Å²) in [6.07, 6.45) is 1.05. The van der Waals surface area contributed by atoms with E-state index in [1.807, 2.05) is 19.9 Å². The summed E-state index contributed by atoms with van der Waals surface area (Å²) in [6, 6.07) is 2.03. The van der Waals surface area contributed by atoms with Crippen molar-refractivity contribution in [2.45, 2.75) is 32.9 Å². The number of pyridine rings is 1. The van der Waals surface area contributed by atoms with Gasteiger partial charge in [-0.05, 0) is 25.5 Å². The molecule has 0 aromatic carbocycles. The number of ether oxygens (including phenoxy) is 2. The van der Waals surface area contributed by atoms with Crippen LogP contribution in [0.2, 0.25) is 0 Å². The van der Waals surface area contributed by atoms with E-state index in [1.165, 1.54) is 0 Å². The number of nitrogens with two attached hydrogens (primary N) is 1. The minimum Gasteiger partial charge on any atom is -0.472 e. The standard InChI is InChI=1S/C12H18N2O2/c1-8-5-9(2)14-12(11(8)6-13)16-10-3-4-15-7-10/h5,10H,3-4,6-7,13H2,1-2H3. The molecule has 1 fully saturated rings. The number of nitrogens with zero attached hydrogens (tertiary/aromatic N) is 1. The lowest BCUT2D eigenvalue weighted by Gasteiger charge is -2.16. The SMILES string of the molecule is Cc1cc(C)c(CN)c(OC2CCOC2)n1. The zero-order valence-corrected chi connectivity index (χ0v) is 9.82. The number of rotatable bonds is 3. The fourth-order valence-corrected chi connectivity index (χ4v) is 1.94. The number of aryl methyl sites for hydroxylation is 2. The van der Waals surface area contributed by atoms with Crippen molar-refractivity contribution in [3.63, 3.8) is 0 Å². The average molecular weight is 222 g/mol. The molecule has 0 amide bonds. The average Bonchev–Trinajstić information content (AvgIpc) is 2.70. The first-order chi connectivity index (χ1) is 7.70. The van der Waals surface area contributed by atoms with Gasteiger partial charge in [-0.25, -0.2) is 4.98 Å². The van der Waals surface area contributed by atoms with E-state index in [2.05, 4.69) is 4.98 Å². The summed E-state index contributed by atoms with van der Waals surface area (Å²) in [4.78, 5) is 4.41. The van der Waals surface area contributed by atoms with Gasteiger partial charge in [0.1, 0.15) is 6.10 Å². The third-order valence-corrected chi connectivity index (χ3v) is 2.81. The van der Waals surface area contributed by atoms with Crippen LogP contribution in [-0.2, 0) is 11.3 Å². The van der Waals surface area contributed by atoms with E-state index < -0.39 is 0 Å². The van der Waals surface area contributed by atoms with Crippen molar-refractivity contribution in [3.05, 3.63) is 22.9 Å². The number of hydrogen-bond acceptors (Lipinski definition) is 4. The first kappa shape index (κ1) is 11.4. The van der Waals surface area contributed by atoms with Gasteiger partial charge in [-0.15, -0.1) is 0 Å². The molecule has 4 nitrogen and oxygen atoms in total. The maximum atomic E-state index is 5.84. The lowest BCUT2D eigenvalue weighted by Crippen LogP contribution is -2.19. The first-order valence-electron chi connectivity index (χ1n) is 5.62. The van der Waals surface area contributed by atoms with Crippen LogP contribution < -0.4 is 10.5 Å². The molecule has 0 radical (unpaired) electrons. The lowest BCUT2D eigenvalue weighted by molar-refractivity contribution is 0.137. The highest BCUT2D eigenvalue weighted by Crippen LogP contribution is 2.23. The first-order valence-corrected chi connectivity index (χ1v) is 5.62. The predicted octanol–water partition coefficient (Wildman–Crippen LogP) is 1.32. The van der Waals surface area contributed by atoms with E-state index in [9.17, 15) is 0 Å². The highest BCUT2D eigenvalue weighted by molar-refractivity contribution is 5.35. The molecule has 16 heavy (non-hydrogen) atoms. The highest BCUT2D eigenvalue weighted by Gasteiger charge is 2.20. The maximum Gasteiger partial charge on any atom is 0.218 e. The van der Waals surface area contributed by atoms with Crippen molar-refractivity contribution < 1.29 is 9.47 Å². The van der Waals surface area contributed by atoms with Gasteiger partial charge in [0.25, 0.3) is 0 Å². The minimum absolute atomic E-state index is 0.124. The molecule has 1 unspecified atom stereocenters. The van der Waals surface area contributed by atoms with Gasteiger partial charge in [-0.3, -0.25) is 0 Å². The molecule has 1 aromatic heterocycles. The van der Waals surface area contributed by atoms with Crippen LogP contribution in [0.4, 0.5) is 0 Å². The number of hydrogen-bond donors (Lipinski definition) is 1. The van der Waals surface area contributed by atoms with Crippen molar-refractivity contribution in [2.24, 2.45) is 5.73 Å². The molecule has 1 aromatic rings. The smallest absolute Gasteiger partial charge is 0.218 e. The van der Waals surface area contributed by atoms with Gasteiger partial charge in [0, 0.05) is 24.2 Å². The molecule has 88 valence electrons. The monoisotopic (exact) mass is 222 g/mol. The van der Waals surface area contributed by atoms with Gasteiger partial charge in [0.2, 0.25) is 5.88 Å². The second-order valence-corrected chi connectivity index (χ2v) is 4.17. The molecule has 2 rings (SSSR count). The van der Waals surface area contributed by atoms with Crippen molar-refractivity contribution >= 4 is 0 Å². The van der Waals surface area contributed by atoms with Gasteiger partial charge in [0.15, 0.2) is 0 Å². The van der Waals surface area contributed by atoms with Gasteiger partial charge in [-0.1, -0.05) is 0 Å². The van der Waals surface area contributed by atoms with E-state index in [-0.39, 0.29) is 6.10 Å². The molecular weight excluding hydrogens is 204 g/mol. The summed E-state index contributed by atoms with van der Waals surface area (Å²) in [7, 11) is 0. The Morgan fingerprint density at radius 2 is 2.38 bits per heavy atom. The molecule has 2 heterocycles. The molecule has 1 saturated heterocycles. The Balaban J connectivity index is 2.23. The van der Waals surface area contributed by atoms with Gasteiger partial charge < -0.3 is 15.2 Å². The summed E-state index contributed by atoms with van der Waals surface area (Å²) in [5, 5.41) is 0. The van der Waals surface area contributed by atoms with Crippen molar-refractivity contribution in [1.82, 2.24) is 4.98 Å². The van der Waals surface area contributed by atoms with Crippen LogP contribution in [0.1, 0.15) is 23.2 Å². The topological polar surface area (TPSA) is 57.4 Å². The molecule has 0 spiro atoms. The second kappa shape index (κ2) is 4.80. The van der Waals surface area contributed by atoms with E-state index in [0.29, 0.717) is 19.0 Å². The second-order valence-electron chi connectivity index (χ2n) is 4.17. The third-order valence-electron chi connectivity index (χ3n) is 2.81. The molecule has 1 aliphatic heterocycles. The normalized spacial score (nSPS) is 20.1. The minimum atomic E-state index is 0.124. The molecular formula is C12H18N2O2. The van der Waals surface area contributed by atoms with Crippen LogP contribution in [0.15, 0.2) is 6.07 Å². The maximum absolute atomic E-state index is 5.84. The Morgan fingerprint density at radius 3 is 3.00 bits per heavy atom. The van der Waals surface area contributed by atoms with Crippen LogP contribution in [0, 0.1) is 13.8 Å². The largest absolute Gasteiger partial charge is 0.472 e. The fourth-order valence-electron chi connectivity index (χ4n) is 1.94. The fraction of sp³-hybridized carbons (Fsp3) is 0.583. The van der Waals surface area contributed by atoms with Crippen LogP contribution >= 0.6 is 0 Å². The van der Waals surface area contributed by atoms with Gasteiger partial charge in [0.05, 0.1) is 13.2 Å². The summed E-state index contributed by atoms with van der Waals surface area (Å²) in [5.41, 5.74) is 8.83. The van der Waals surface area contributed by atoms with E-state index in [0.717, 1.165) is 29.8 Å². The van der Waals surface area contributed by atoms with Crippen molar-refractivity contribution in [1.29, 1.82) is 0 Å². The number of aromatic nitrogens is 1. The molecule has 1 atom stereocenters. The lowest BCUT2D eigenvalue weighted by atomic mass is 10.1. The van der Waals surface area contributed by atoms with Gasteiger partial charge >= 0.3 is 0 Å². The third kappa shape index (κ3) is 2.33. The van der Waals surface area contributed by atoms with E-state index in [1.54, 1.807) is 0 Å². The van der Waals surface area contributed by atoms with Crippen LogP contribution in [0.3, 0.4) is 0 Å². The Labute approximate surface area is 95.8 Å². The molecule has 2 N–H and O–H groups in total.